The molecule has 0 saturated carbocycles. The van der Waals surface area contributed by atoms with Crippen molar-refractivity contribution in [3.8, 4) is 11.5 Å². The van der Waals surface area contributed by atoms with E-state index in [9.17, 15) is 18.0 Å². The number of rotatable bonds is 12. The number of anilines is 1. The summed E-state index contributed by atoms with van der Waals surface area (Å²) in [7, 11) is -3.93. The molecular formula is C31H35Cl2N3O6S. The van der Waals surface area contributed by atoms with Crippen LogP contribution in [0.25, 0.3) is 0 Å². The minimum absolute atomic E-state index is 0.0140. The molecule has 3 aromatic rings. The van der Waals surface area contributed by atoms with Crippen LogP contribution in [0.5, 0.6) is 11.5 Å². The van der Waals surface area contributed by atoms with Crippen molar-refractivity contribution in [3.63, 3.8) is 0 Å². The molecule has 1 atom stereocenters. The van der Waals surface area contributed by atoms with Gasteiger partial charge in [0.25, 0.3) is 0 Å². The molecule has 0 fully saturated rings. The summed E-state index contributed by atoms with van der Waals surface area (Å²) < 4.78 is 39.1. The van der Waals surface area contributed by atoms with E-state index in [0.717, 1.165) is 9.87 Å². The third kappa shape index (κ3) is 8.34. The zero-order valence-electron chi connectivity index (χ0n) is 24.3. The second-order valence-corrected chi connectivity index (χ2v) is 13.4. The number of benzene rings is 3. The Balaban J connectivity index is 1.76. The first-order valence-electron chi connectivity index (χ1n) is 14.0. The largest absolute Gasteiger partial charge is 0.486 e. The van der Waals surface area contributed by atoms with Crippen LogP contribution in [0.15, 0.2) is 66.7 Å². The van der Waals surface area contributed by atoms with E-state index in [1.807, 2.05) is 44.2 Å². The smallest absolute Gasteiger partial charge is 0.244 e. The van der Waals surface area contributed by atoms with Gasteiger partial charge in [0.1, 0.15) is 25.8 Å². The summed E-state index contributed by atoms with van der Waals surface area (Å²) in [4.78, 5) is 29.4. The number of fused-ring (bicyclic) bond motifs is 1. The summed E-state index contributed by atoms with van der Waals surface area (Å²) in [5.41, 5.74) is 1.71. The van der Waals surface area contributed by atoms with Crippen LogP contribution in [0, 0.1) is 0 Å². The van der Waals surface area contributed by atoms with Gasteiger partial charge in [0.05, 0.1) is 21.5 Å². The van der Waals surface area contributed by atoms with E-state index in [1.165, 1.54) is 11.8 Å². The monoisotopic (exact) mass is 647 g/mol. The van der Waals surface area contributed by atoms with Crippen LogP contribution in [-0.4, -0.2) is 62.7 Å². The van der Waals surface area contributed by atoms with Crippen molar-refractivity contribution >= 4 is 50.7 Å². The highest BCUT2D eigenvalue weighted by Crippen LogP contribution is 2.35. The summed E-state index contributed by atoms with van der Waals surface area (Å²) in [6.07, 6.45) is 0.205. The average molecular weight is 649 g/mol. The van der Waals surface area contributed by atoms with E-state index in [0.29, 0.717) is 40.3 Å². The first kappa shape index (κ1) is 32.4. The quantitative estimate of drug-likeness (QED) is 0.294. The number of ether oxygens (including phenoxy) is 2. The molecule has 2 amide bonds. The molecule has 0 unspecified atom stereocenters. The molecule has 0 aliphatic carbocycles. The summed E-state index contributed by atoms with van der Waals surface area (Å²) in [6, 6.07) is 17.9. The second kappa shape index (κ2) is 14.3. The van der Waals surface area contributed by atoms with Gasteiger partial charge in [-0.2, -0.15) is 0 Å². The highest BCUT2D eigenvalue weighted by Gasteiger charge is 2.34. The van der Waals surface area contributed by atoms with E-state index in [1.54, 1.807) is 36.4 Å². The molecule has 12 heteroatoms. The molecule has 43 heavy (non-hydrogen) atoms. The Hall–Kier alpha value is -3.47. The minimum Gasteiger partial charge on any atom is -0.486 e. The lowest BCUT2D eigenvalue weighted by molar-refractivity contribution is -0.140. The van der Waals surface area contributed by atoms with Crippen molar-refractivity contribution in [2.75, 3.05) is 29.8 Å². The van der Waals surface area contributed by atoms with Crippen molar-refractivity contribution in [1.29, 1.82) is 0 Å². The predicted molar refractivity (Wildman–Crippen MR) is 168 cm³/mol. The van der Waals surface area contributed by atoms with Crippen molar-refractivity contribution in [2.45, 2.75) is 45.8 Å². The lowest BCUT2D eigenvalue weighted by atomic mass is 10.0. The Kier molecular flexibility index (Phi) is 10.8. The number of nitrogens with zero attached hydrogens (tertiary/aromatic N) is 2. The van der Waals surface area contributed by atoms with E-state index in [4.69, 9.17) is 32.7 Å². The van der Waals surface area contributed by atoms with Gasteiger partial charge in [0.15, 0.2) is 11.5 Å². The maximum Gasteiger partial charge on any atom is 0.244 e. The number of halogens is 2. The van der Waals surface area contributed by atoms with Gasteiger partial charge in [-0.1, -0.05) is 59.6 Å². The fourth-order valence-corrected chi connectivity index (χ4v) is 6.05. The molecule has 1 aliphatic rings. The van der Waals surface area contributed by atoms with Crippen LogP contribution in [0.3, 0.4) is 0 Å². The van der Waals surface area contributed by atoms with Crippen LogP contribution < -0.4 is 19.1 Å². The number of sulfonamides is 1. The molecule has 1 aliphatic heterocycles. The summed E-state index contributed by atoms with van der Waals surface area (Å²) in [5, 5.41) is 3.57. The predicted octanol–water partition coefficient (Wildman–Crippen LogP) is 5.09. The molecule has 230 valence electrons. The summed E-state index contributed by atoms with van der Waals surface area (Å²) in [5.74, 6) is -0.305. The van der Waals surface area contributed by atoms with Gasteiger partial charge in [-0.25, -0.2) is 8.42 Å². The van der Waals surface area contributed by atoms with Gasteiger partial charge in [-0.3, -0.25) is 13.9 Å². The zero-order valence-corrected chi connectivity index (χ0v) is 26.6. The number of hydrogen-bond acceptors (Lipinski definition) is 6. The number of amides is 2. The molecular weight excluding hydrogens is 613 g/mol. The number of carbonyl (C=O) groups is 2. The van der Waals surface area contributed by atoms with Crippen LogP contribution in [-0.2, 0) is 32.6 Å². The summed E-state index contributed by atoms with van der Waals surface area (Å²) >= 11 is 12.4. The Morgan fingerprint density at radius 1 is 0.907 bits per heavy atom. The minimum atomic E-state index is -3.93. The Labute approximate surface area is 262 Å². The molecule has 3 aromatic carbocycles. The van der Waals surface area contributed by atoms with E-state index in [2.05, 4.69) is 5.32 Å². The van der Waals surface area contributed by atoms with Crippen LogP contribution in [0.2, 0.25) is 10.0 Å². The fraction of sp³-hybridized carbons (Fsp3) is 0.355. The third-order valence-corrected chi connectivity index (χ3v) is 9.31. The number of nitrogens with one attached hydrogen (secondary N) is 1. The topological polar surface area (TPSA) is 105 Å². The zero-order chi connectivity index (χ0) is 31.1. The van der Waals surface area contributed by atoms with Crippen LogP contribution in [0.4, 0.5) is 5.69 Å². The van der Waals surface area contributed by atoms with Gasteiger partial charge < -0.3 is 19.7 Å². The van der Waals surface area contributed by atoms with Crippen molar-refractivity contribution < 1.29 is 27.5 Å². The van der Waals surface area contributed by atoms with Crippen LogP contribution >= 0.6 is 23.2 Å². The fourth-order valence-electron chi connectivity index (χ4n) is 4.68. The van der Waals surface area contributed by atoms with Gasteiger partial charge in [0, 0.05) is 25.1 Å². The van der Waals surface area contributed by atoms with Crippen molar-refractivity contribution in [2.24, 2.45) is 0 Å². The van der Waals surface area contributed by atoms with Gasteiger partial charge in [0.2, 0.25) is 21.8 Å². The molecule has 9 nitrogen and oxygen atoms in total. The first-order valence-corrected chi connectivity index (χ1v) is 16.3. The number of hydrogen-bond donors (Lipinski definition) is 1. The molecule has 0 aromatic heterocycles. The number of carbonyl (C=O) groups excluding carboxylic acids is 2. The molecule has 0 radical (unpaired) electrons. The highest BCUT2D eigenvalue weighted by atomic mass is 35.5. The lowest BCUT2D eigenvalue weighted by Crippen LogP contribution is -2.54. The van der Waals surface area contributed by atoms with Crippen molar-refractivity contribution in [1.82, 2.24) is 10.2 Å². The molecule has 4 rings (SSSR count). The normalized spacial score (nSPS) is 13.3. The third-order valence-electron chi connectivity index (χ3n) is 6.83. The van der Waals surface area contributed by atoms with E-state index >= 15 is 0 Å². The highest BCUT2D eigenvalue weighted by molar-refractivity contribution is 7.92. The van der Waals surface area contributed by atoms with Crippen molar-refractivity contribution in [3.05, 3.63) is 87.9 Å². The van der Waals surface area contributed by atoms with Gasteiger partial charge in [-0.05, 0) is 56.2 Å². The molecule has 0 saturated heterocycles. The SMILES string of the molecule is CCS(=O)(=O)N(CC(=O)N(Cc1ccc(Cl)c(Cl)c1)[C@@H](Cc1ccccc1)C(=O)NC(C)C)c1ccc2c(c1)OCCO2. The van der Waals surface area contributed by atoms with Gasteiger partial charge >= 0.3 is 0 Å². The Morgan fingerprint density at radius 3 is 2.26 bits per heavy atom. The van der Waals surface area contributed by atoms with E-state index < -0.39 is 28.5 Å². The van der Waals surface area contributed by atoms with Gasteiger partial charge in [-0.15, -0.1) is 0 Å². The first-order chi connectivity index (χ1) is 20.5. The molecule has 1 heterocycles. The second-order valence-electron chi connectivity index (χ2n) is 10.4. The average Bonchev–Trinajstić information content (AvgIpc) is 2.99. The Morgan fingerprint density at radius 2 is 1.60 bits per heavy atom. The molecule has 0 spiro atoms. The maximum atomic E-state index is 14.3. The van der Waals surface area contributed by atoms with Crippen LogP contribution in [0.1, 0.15) is 31.9 Å². The molecule has 0 bridgehead atoms. The standard InChI is InChI=1S/C31H35Cl2N3O6S/c1-4-43(39,40)36(24-11-13-28-29(18-24)42-15-14-41-28)20-30(37)35(19-23-10-12-25(32)26(33)16-23)27(31(38)34-21(2)3)17-22-8-6-5-7-9-22/h5-13,16,18,21,27H,4,14-15,17,19-20H2,1-3H3,(H,34,38)/t27-/m0/s1. The Bertz CT molecular complexity index is 1550. The maximum absolute atomic E-state index is 14.3. The molecule has 1 N–H and O–H groups in total. The van der Waals surface area contributed by atoms with E-state index in [-0.39, 0.29) is 36.4 Å². The lowest BCUT2D eigenvalue weighted by Gasteiger charge is -2.34. The summed E-state index contributed by atoms with van der Waals surface area (Å²) in [6.45, 7) is 5.32.